The first-order valence-corrected chi connectivity index (χ1v) is 8.49. The van der Waals surface area contributed by atoms with Crippen molar-refractivity contribution in [2.75, 3.05) is 13.1 Å². The van der Waals surface area contributed by atoms with Gasteiger partial charge in [0.2, 0.25) is 10.0 Å². The Morgan fingerprint density at radius 1 is 1.38 bits per heavy atom. The number of nitrogens with two attached hydrogens (primary N) is 1. The number of nitrogens with one attached hydrogen (secondary N) is 2. The Balaban J connectivity index is 2.27. The van der Waals surface area contributed by atoms with Crippen LogP contribution >= 0.6 is 0 Å². The third-order valence-electron chi connectivity index (χ3n) is 3.82. The molecule has 1 aliphatic rings. The Morgan fingerprint density at radius 2 is 2.10 bits per heavy atom. The first kappa shape index (κ1) is 15.9. The summed E-state index contributed by atoms with van der Waals surface area (Å²) in [6, 6.07) is 3.12. The predicted molar refractivity (Wildman–Crippen MR) is 80.6 cm³/mol. The lowest BCUT2D eigenvalue weighted by Crippen LogP contribution is -2.45. The van der Waals surface area contributed by atoms with Crippen LogP contribution in [0.1, 0.15) is 34.3 Å². The Labute approximate surface area is 125 Å². The highest BCUT2D eigenvalue weighted by atomic mass is 32.2. The number of piperidine rings is 1. The number of aryl methyl sites for hydroxylation is 1. The molecule has 1 amide bonds. The normalized spacial score (nSPS) is 19.3. The van der Waals surface area contributed by atoms with Gasteiger partial charge in [-0.1, -0.05) is 0 Å². The molecule has 116 valence electrons. The fourth-order valence-corrected chi connectivity index (χ4v) is 3.38. The van der Waals surface area contributed by atoms with E-state index in [4.69, 9.17) is 5.14 Å². The van der Waals surface area contributed by atoms with E-state index < -0.39 is 10.0 Å². The van der Waals surface area contributed by atoms with Gasteiger partial charge in [-0.15, -0.1) is 0 Å². The number of sulfonamides is 1. The number of carbonyl (C=O) groups is 1. The molecular weight excluding hydrogens is 290 g/mol. The van der Waals surface area contributed by atoms with E-state index in [1.807, 2.05) is 0 Å². The van der Waals surface area contributed by atoms with Gasteiger partial charge in [0.15, 0.2) is 0 Å². The van der Waals surface area contributed by atoms with Crippen molar-refractivity contribution in [3.63, 3.8) is 0 Å². The van der Waals surface area contributed by atoms with Crippen LogP contribution in [0.2, 0.25) is 0 Å². The molecule has 0 spiro atoms. The van der Waals surface area contributed by atoms with Gasteiger partial charge in [0.1, 0.15) is 0 Å². The summed E-state index contributed by atoms with van der Waals surface area (Å²) >= 11 is 0. The van der Waals surface area contributed by atoms with Crippen LogP contribution in [0, 0.1) is 13.8 Å². The molecule has 4 N–H and O–H groups in total. The minimum Gasteiger partial charge on any atom is -0.348 e. The lowest BCUT2D eigenvalue weighted by molar-refractivity contribution is 0.0930. The van der Waals surface area contributed by atoms with E-state index >= 15 is 0 Å². The van der Waals surface area contributed by atoms with E-state index in [2.05, 4.69) is 10.6 Å². The molecule has 7 heteroatoms. The molecule has 0 saturated carbocycles. The fraction of sp³-hybridized carbons (Fsp3) is 0.500. The summed E-state index contributed by atoms with van der Waals surface area (Å²) in [5.74, 6) is -0.267. The topological polar surface area (TPSA) is 101 Å². The van der Waals surface area contributed by atoms with Crippen LogP contribution in [-0.2, 0) is 10.0 Å². The summed E-state index contributed by atoms with van der Waals surface area (Å²) in [5, 5.41) is 11.4. The average molecular weight is 311 g/mol. The molecule has 0 aliphatic carbocycles. The molecule has 0 bridgehead atoms. The molecule has 1 aliphatic heterocycles. The Bertz CT molecular complexity index is 650. The van der Waals surface area contributed by atoms with Gasteiger partial charge in [-0.25, -0.2) is 13.6 Å². The number of hydrogen-bond donors (Lipinski definition) is 3. The molecule has 1 atom stereocenters. The second-order valence-electron chi connectivity index (χ2n) is 5.48. The monoisotopic (exact) mass is 311 g/mol. The molecule has 6 nitrogen and oxygen atoms in total. The van der Waals surface area contributed by atoms with Crippen LogP contribution < -0.4 is 15.8 Å². The highest BCUT2D eigenvalue weighted by Gasteiger charge is 2.20. The quantitative estimate of drug-likeness (QED) is 0.753. The van der Waals surface area contributed by atoms with E-state index in [-0.39, 0.29) is 16.8 Å². The number of primary sulfonamides is 1. The number of hydrogen-bond acceptors (Lipinski definition) is 4. The van der Waals surface area contributed by atoms with Gasteiger partial charge in [-0.05, 0) is 56.5 Å². The largest absolute Gasteiger partial charge is 0.348 e. The summed E-state index contributed by atoms with van der Waals surface area (Å²) in [7, 11) is -3.84. The zero-order valence-electron chi connectivity index (χ0n) is 12.3. The maximum atomic E-state index is 12.3. The number of amides is 1. The highest BCUT2D eigenvalue weighted by molar-refractivity contribution is 7.89. The zero-order valence-corrected chi connectivity index (χ0v) is 13.1. The molecule has 2 rings (SSSR count). The second-order valence-corrected chi connectivity index (χ2v) is 7.01. The minimum atomic E-state index is -3.84. The van der Waals surface area contributed by atoms with Gasteiger partial charge in [-0.2, -0.15) is 0 Å². The molecule has 0 aromatic heterocycles. The van der Waals surface area contributed by atoms with Crippen LogP contribution in [0.25, 0.3) is 0 Å². The molecular formula is C14H21N3O3S. The van der Waals surface area contributed by atoms with Gasteiger partial charge < -0.3 is 10.6 Å². The third kappa shape index (κ3) is 3.81. The molecule has 1 aromatic rings. The van der Waals surface area contributed by atoms with E-state index in [0.29, 0.717) is 11.1 Å². The molecule has 21 heavy (non-hydrogen) atoms. The maximum Gasteiger partial charge on any atom is 0.251 e. The smallest absolute Gasteiger partial charge is 0.251 e. The summed E-state index contributed by atoms with van der Waals surface area (Å²) in [6.07, 6.45) is 1.94. The van der Waals surface area contributed by atoms with Gasteiger partial charge in [0.05, 0.1) is 4.90 Å². The van der Waals surface area contributed by atoms with Gasteiger partial charge in [-0.3, -0.25) is 4.79 Å². The highest BCUT2D eigenvalue weighted by Crippen LogP contribution is 2.20. The molecule has 1 unspecified atom stereocenters. The van der Waals surface area contributed by atoms with Crippen LogP contribution in [0.3, 0.4) is 0 Å². The van der Waals surface area contributed by atoms with Crippen molar-refractivity contribution >= 4 is 15.9 Å². The van der Waals surface area contributed by atoms with Gasteiger partial charge >= 0.3 is 0 Å². The van der Waals surface area contributed by atoms with Crippen molar-refractivity contribution in [3.05, 3.63) is 28.8 Å². The second kappa shape index (κ2) is 6.13. The minimum absolute atomic E-state index is 0.00872. The van der Waals surface area contributed by atoms with Crippen molar-refractivity contribution in [2.45, 2.75) is 37.6 Å². The number of rotatable bonds is 3. The van der Waals surface area contributed by atoms with Crippen molar-refractivity contribution < 1.29 is 13.2 Å². The zero-order chi connectivity index (χ0) is 15.6. The van der Waals surface area contributed by atoms with Crippen LogP contribution in [0.4, 0.5) is 0 Å². The first-order chi connectivity index (χ1) is 9.79. The summed E-state index contributed by atoms with van der Waals surface area (Å²) in [4.78, 5) is 12.3. The van der Waals surface area contributed by atoms with Gasteiger partial charge in [0, 0.05) is 18.2 Å². The predicted octanol–water partition coefficient (Wildman–Crippen LogP) is 0.433. The molecule has 1 aromatic carbocycles. The van der Waals surface area contributed by atoms with E-state index in [0.717, 1.165) is 31.5 Å². The Morgan fingerprint density at radius 3 is 2.67 bits per heavy atom. The molecule has 0 radical (unpaired) electrons. The van der Waals surface area contributed by atoms with Crippen LogP contribution in [-0.4, -0.2) is 33.5 Å². The van der Waals surface area contributed by atoms with Crippen molar-refractivity contribution in [1.82, 2.24) is 10.6 Å². The third-order valence-corrected chi connectivity index (χ3v) is 4.86. The lowest BCUT2D eigenvalue weighted by atomic mass is 10.0. The maximum absolute atomic E-state index is 12.3. The van der Waals surface area contributed by atoms with Crippen LogP contribution in [0.5, 0.6) is 0 Å². The first-order valence-electron chi connectivity index (χ1n) is 6.94. The summed E-state index contributed by atoms with van der Waals surface area (Å²) in [6.45, 7) is 5.15. The van der Waals surface area contributed by atoms with Gasteiger partial charge in [0.25, 0.3) is 5.91 Å². The standard InChI is InChI=1S/C14H21N3O3S/c1-9-6-11(7-13(10(9)2)21(15,19)20)14(18)17-12-4-3-5-16-8-12/h6-7,12,16H,3-5,8H2,1-2H3,(H,17,18)(H2,15,19,20). The van der Waals surface area contributed by atoms with E-state index in [1.54, 1.807) is 19.9 Å². The molecule has 1 saturated heterocycles. The van der Waals surface area contributed by atoms with E-state index in [9.17, 15) is 13.2 Å². The van der Waals surface area contributed by atoms with E-state index in [1.165, 1.54) is 6.07 Å². The Hall–Kier alpha value is -1.44. The van der Waals surface area contributed by atoms with Crippen LogP contribution in [0.15, 0.2) is 17.0 Å². The number of benzene rings is 1. The lowest BCUT2D eigenvalue weighted by Gasteiger charge is -2.24. The van der Waals surface area contributed by atoms with Crippen molar-refractivity contribution in [2.24, 2.45) is 5.14 Å². The Kier molecular flexibility index (Phi) is 4.65. The summed E-state index contributed by atoms with van der Waals surface area (Å²) < 4.78 is 23.2. The SMILES string of the molecule is Cc1cc(C(=O)NC2CCCNC2)cc(S(N)(=O)=O)c1C. The molecule has 1 heterocycles. The van der Waals surface area contributed by atoms with Crippen molar-refractivity contribution in [1.29, 1.82) is 0 Å². The molecule has 1 fully saturated rings. The van der Waals surface area contributed by atoms with Crippen molar-refractivity contribution in [3.8, 4) is 0 Å². The average Bonchev–Trinajstić information content (AvgIpc) is 2.41. The fourth-order valence-electron chi connectivity index (χ4n) is 2.50. The number of carbonyl (C=O) groups excluding carboxylic acids is 1. The summed E-state index contributed by atoms with van der Waals surface area (Å²) in [5.41, 5.74) is 1.63.